The summed E-state index contributed by atoms with van der Waals surface area (Å²) < 4.78 is 75.4. The van der Waals surface area contributed by atoms with Crippen molar-refractivity contribution in [1.82, 2.24) is 0 Å². The average Bonchev–Trinajstić information content (AvgIpc) is 2.13. The Morgan fingerprint density at radius 3 is 1.88 bits per heavy atom. The van der Waals surface area contributed by atoms with Gasteiger partial charge in [0.2, 0.25) is 0 Å². The summed E-state index contributed by atoms with van der Waals surface area (Å²) in [6.07, 6.45) is -10.1. The van der Waals surface area contributed by atoms with E-state index in [-0.39, 0.29) is 5.56 Å². The van der Waals surface area contributed by atoms with E-state index in [1.807, 2.05) is 0 Å². The molecule has 0 aliphatic carbocycles. The summed E-state index contributed by atoms with van der Waals surface area (Å²) in [6.45, 7) is 0.697. The highest BCUT2D eigenvalue weighted by Gasteiger charge is 2.44. The first-order valence-electron chi connectivity index (χ1n) is 4.56. The van der Waals surface area contributed by atoms with Crippen molar-refractivity contribution in [3.63, 3.8) is 0 Å². The lowest BCUT2D eigenvalue weighted by molar-refractivity contribution is -0.162. The van der Waals surface area contributed by atoms with Crippen molar-refractivity contribution in [3.8, 4) is 0 Å². The van der Waals surface area contributed by atoms with E-state index < -0.39 is 35.6 Å². The Morgan fingerprint density at radius 2 is 1.53 bits per heavy atom. The molecule has 1 aromatic carbocycles. The molecule has 0 bridgehead atoms. The topological polar surface area (TPSA) is 26.0 Å². The maximum absolute atomic E-state index is 12.7. The Bertz CT molecular complexity index is 418. The van der Waals surface area contributed by atoms with E-state index >= 15 is 0 Å². The minimum atomic E-state index is -5.08. The Hall–Kier alpha value is -1.24. The van der Waals surface area contributed by atoms with Crippen LogP contribution in [0.15, 0.2) is 12.1 Å². The van der Waals surface area contributed by atoms with Crippen molar-refractivity contribution in [2.45, 2.75) is 25.8 Å². The number of hydrogen-bond donors (Lipinski definition) is 1. The smallest absolute Gasteiger partial charge is 0.326 e. The Morgan fingerprint density at radius 1 is 1.00 bits per heavy atom. The fraction of sp³-hybridized carbons (Fsp3) is 0.400. The lowest BCUT2D eigenvalue weighted by atomic mass is 9.95. The first-order chi connectivity index (χ1) is 7.59. The Labute approximate surface area is 93.2 Å². The minimum absolute atomic E-state index is 0.0906. The van der Waals surface area contributed by atoms with Crippen LogP contribution in [0.5, 0.6) is 0 Å². The number of nitrogens with two attached hydrogens (primary N) is 1. The van der Waals surface area contributed by atoms with Crippen LogP contribution in [0.1, 0.15) is 22.3 Å². The Kier molecular flexibility index (Phi) is 3.42. The summed E-state index contributed by atoms with van der Waals surface area (Å²) >= 11 is 0. The van der Waals surface area contributed by atoms with E-state index in [0.717, 1.165) is 6.07 Å². The molecule has 0 unspecified atom stereocenters. The summed E-state index contributed by atoms with van der Waals surface area (Å²) in [5, 5.41) is 0. The van der Waals surface area contributed by atoms with E-state index in [4.69, 9.17) is 5.73 Å². The second kappa shape index (κ2) is 4.21. The minimum Gasteiger partial charge on any atom is -0.326 e. The van der Waals surface area contributed by atoms with Crippen LogP contribution in [0.4, 0.5) is 26.3 Å². The van der Waals surface area contributed by atoms with Crippen LogP contribution in [-0.4, -0.2) is 0 Å². The van der Waals surface area contributed by atoms with E-state index in [9.17, 15) is 26.3 Å². The fourth-order valence-corrected chi connectivity index (χ4v) is 1.58. The molecule has 0 spiro atoms. The van der Waals surface area contributed by atoms with Gasteiger partial charge < -0.3 is 5.73 Å². The van der Waals surface area contributed by atoms with Crippen molar-refractivity contribution >= 4 is 0 Å². The van der Waals surface area contributed by atoms with Gasteiger partial charge in [-0.3, -0.25) is 0 Å². The quantitative estimate of drug-likeness (QED) is 0.766. The van der Waals surface area contributed by atoms with Crippen molar-refractivity contribution in [3.05, 3.63) is 34.4 Å². The molecule has 1 rings (SSSR count). The largest absolute Gasteiger partial charge is 0.417 e. The molecule has 0 radical (unpaired) electrons. The second-order valence-corrected chi connectivity index (χ2v) is 3.48. The maximum Gasteiger partial charge on any atom is 0.417 e. The first-order valence-corrected chi connectivity index (χ1v) is 4.56. The fourth-order valence-electron chi connectivity index (χ4n) is 1.58. The summed E-state index contributed by atoms with van der Waals surface area (Å²) in [6, 6.07) is 1.41. The molecule has 0 atom stereocenters. The van der Waals surface area contributed by atoms with Gasteiger partial charge in [-0.15, -0.1) is 0 Å². The van der Waals surface area contributed by atoms with Crippen LogP contribution in [0.3, 0.4) is 0 Å². The number of halogens is 6. The molecule has 1 aromatic rings. The highest BCUT2D eigenvalue weighted by molar-refractivity contribution is 5.43. The van der Waals surface area contributed by atoms with Crippen LogP contribution in [0, 0.1) is 6.92 Å². The monoisotopic (exact) mass is 257 g/mol. The van der Waals surface area contributed by atoms with E-state index in [1.165, 1.54) is 6.92 Å². The zero-order valence-corrected chi connectivity index (χ0v) is 8.71. The second-order valence-electron chi connectivity index (χ2n) is 3.48. The van der Waals surface area contributed by atoms with Gasteiger partial charge in [0.15, 0.2) is 0 Å². The number of alkyl halides is 6. The number of hydrogen-bond acceptors (Lipinski definition) is 1. The van der Waals surface area contributed by atoms with Crippen LogP contribution in [0.25, 0.3) is 0 Å². The highest BCUT2D eigenvalue weighted by Crippen LogP contribution is 2.42. The molecule has 0 saturated carbocycles. The van der Waals surface area contributed by atoms with E-state index in [2.05, 4.69) is 0 Å². The molecule has 0 amide bonds. The number of rotatable bonds is 1. The normalized spacial score (nSPS) is 12.9. The molecular formula is C10H9F6N. The predicted molar refractivity (Wildman–Crippen MR) is 49.1 cm³/mol. The molecule has 17 heavy (non-hydrogen) atoms. The number of benzene rings is 1. The lowest BCUT2D eigenvalue weighted by Crippen LogP contribution is -2.21. The van der Waals surface area contributed by atoms with Crippen LogP contribution >= 0.6 is 0 Å². The van der Waals surface area contributed by atoms with Gasteiger partial charge in [0, 0.05) is 6.54 Å². The summed E-state index contributed by atoms with van der Waals surface area (Å²) in [5.41, 5.74) is 1.28. The molecule has 0 heterocycles. The summed E-state index contributed by atoms with van der Waals surface area (Å²) in [5.74, 6) is 0. The van der Waals surface area contributed by atoms with Crippen LogP contribution in [-0.2, 0) is 18.9 Å². The van der Waals surface area contributed by atoms with Crippen molar-refractivity contribution in [1.29, 1.82) is 0 Å². The molecule has 0 aliphatic rings. The predicted octanol–water partition coefficient (Wildman–Crippen LogP) is 3.49. The molecule has 96 valence electrons. The van der Waals surface area contributed by atoms with Gasteiger partial charge in [-0.05, 0) is 24.1 Å². The lowest BCUT2D eigenvalue weighted by Gasteiger charge is -2.20. The Balaban J connectivity index is 3.64. The SMILES string of the molecule is Cc1ccc(C(F)(F)F)c(C(F)(F)F)c1CN. The van der Waals surface area contributed by atoms with Gasteiger partial charge in [-0.1, -0.05) is 6.07 Å². The van der Waals surface area contributed by atoms with Crippen LogP contribution < -0.4 is 5.73 Å². The maximum atomic E-state index is 12.7. The third kappa shape index (κ3) is 2.71. The van der Waals surface area contributed by atoms with Gasteiger partial charge in [-0.2, -0.15) is 26.3 Å². The molecule has 0 saturated heterocycles. The molecule has 0 aromatic heterocycles. The molecule has 0 aliphatic heterocycles. The molecule has 1 nitrogen and oxygen atoms in total. The van der Waals surface area contributed by atoms with Crippen molar-refractivity contribution < 1.29 is 26.3 Å². The van der Waals surface area contributed by atoms with Gasteiger partial charge in [0.25, 0.3) is 0 Å². The van der Waals surface area contributed by atoms with Gasteiger partial charge in [0.05, 0.1) is 11.1 Å². The molecule has 7 heteroatoms. The number of aryl methyl sites for hydroxylation is 1. The van der Waals surface area contributed by atoms with Gasteiger partial charge >= 0.3 is 12.4 Å². The van der Waals surface area contributed by atoms with Gasteiger partial charge in [0.1, 0.15) is 0 Å². The van der Waals surface area contributed by atoms with E-state index in [0.29, 0.717) is 6.07 Å². The first kappa shape index (κ1) is 13.8. The third-order valence-corrected chi connectivity index (χ3v) is 2.34. The molecule has 2 N–H and O–H groups in total. The highest BCUT2D eigenvalue weighted by atomic mass is 19.4. The van der Waals surface area contributed by atoms with Gasteiger partial charge in [-0.25, -0.2) is 0 Å². The standard InChI is InChI=1S/C10H9F6N/c1-5-2-3-7(9(11,12)13)8(6(5)4-17)10(14,15)16/h2-3H,4,17H2,1H3. The van der Waals surface area contributed by atoms with E-state index in [1.54, 1.807) is 0 Å². The van der Waals surface area contributed by atoms with Crippen molar-refractivity contribution in [2.75, 3.05) is 0 Å². The van der Waals surface area contributed by atoms with Crippen molar-refractivity contribution in [2.24, 2.45) is 5.73 Å². The summed E-state index contributed by atoms with van der Waals surface area (Å²) in [4.78, 5) is 0. The zero-order valence-electron chi connectivity index (χ0n) is 8.71. The average molecular weight is 257 g/mol. The third-order valence-electron chi connectivity index (χ3n) is 2.34. The molecular weight excluding hydrogens is 248 g/mol. The molecule has 0 fully saturated rings. The zero-order chi connectivity index (χ0) is 13.4. The summed E-state index contributed by atoms with van der Waals surface area (Å²) in [7, 11) is 0. The van der Waals surface area contributed by atoms with Crippen LogP contribution in [0.2, 0.25) is 0 Å².